The summed E-state index contributed by atoms with van der Waals surface area (Å²) >= 11 is 0. The lowest BCUT2D eigenvalue weighted by molar-refractivity contribution is -0.134. The van der Waals surface area contributed by atoms with Crippen molar-refractivity contribution in [2.75, 3.05) is 33.8 Å². The molecule has 4 amide bonds. The molecule has 152 valence electrons. The van der Waals surface area contributed by atoms with E-state index in [4.69, 9.17) is 4.74 Å². The lowest BCUT2D eigenvalue weighted by Crippen LogP contribution is -2.58. The molecule has 2 saturated heterocycles. The summed E-state index contributed by atoms with van der Waals surface area (Å²) in [7, 11) is 2.87. The number of carbonyl (C=O) groups is 3. The third-order valence-electron chi connectivity index (χ3n) is 5.56. The normalized spacial score (nSPS) is 19.1. The summed E-state index contributed by atoms with van der Waals surface area (Å²) in [5.74, 6) is -0.792. The van der Waals surface area contributed by atoms with Crippen LogP contribution in [0.25, 0.3) is 0 Å². The van der Waals surface area contributed by atoms with Crippen LogP contribution >= 0.6 is 0 Å². The van der Waals surface area contributed by atoms with Crippen molar-refractivity contribution >= 4 is 17.8 Å². The van der Waals surface area contributed by atoms with Gasteiger partial charge in [-0.05, 0) is 37.0 Å². The maximum Gasteiger partial charge on any atom is 0.327 e. The molecule has 2 aliphatic rings. The Hall–Kier alpha value is -2.64. The number of likely N-dealkylation sites (tertiary alicyclic amines) is 1. The zero-order chi connectivity index (χ0) is 20.6. The topological polar surface area (TPSA) is 70.2 Å². The van der Waals surface area contributed by atoms with E-state index in [-0.39, 0.29) is 35.1 Å². The number of imide groups is 1. The van der Waals surface area contributed by atoms with Gasteiger partial charge in [-0.2, -0.15) is 0 Å². The minimum absolute atomic E-state index is 0.0802. The first-order chi connectivity index (χ1) is 13.2. The van der Waals surface area contributed by atoms with Gasteiger partial charge in [0.1, 0.15) is 5.54 Å². The van der Waals surface area contributed by atoms with Gasteiger partial charge < -0.3 is 14.5 Å². The lowest BCUT2D eigenvalue weighted by atomic mass is 9.85. The van der Waals surface area contributed by atoms with Gasteiger partial charge in [0.15, 0.2) is 11.6 Å². The zero-order valence-electron chi connectivity index (χ0n) is 16.7. The van der Waals surface area contributed by atoms with E-state index in [0.717, 1.165) is 6.07 Å². The van der Waals surface area contributed by atoms with Crippen LogP contribution in [-0.2, 0) is 4.79 Å². The van der Waals surface area contributed by atoms with Crippen LogP contribution in [0.2, 0.25) is 0 Å². The van der Waals surface area contributed by atoms with Crippen LogP contribution in [0.4, 0.5) is 9.18 Å². The molecule has 2 aliphatic heterocycles. The Balaban J connectivity index is 1.77. The number of likely N-dealkylation sites (N-methyl/N-ethyl adjacent to an activating group) is 1. The number of benzene rings is 1. The number of carbonyl (C=O) groups excluding carboxylic acids is 3. The van der Waals surface area contributed by atoms with Crippen molar-refractivity contribution in [3.63, 3.8) is 0 Å². The van der Waals surface area contributed by atoms with Gasteiger partial charge in [-0.1, -0.05) is 13.8 Å². The monoisotopic (exact) mass is 391 g/mol. The van der Waals surface area contributed by atoms with Gasteiger partial charge in [0.05, 0.1) is 7.11 Å². The number of methoxy groups -OCH3 is 1. The van der Waals surface area contributed by atoms with Gasteiger partial charge in [-0.3, -0.25) is 14.5 Å². The summed E-state index contributed by atoms with van der Waals surface area (Å²) in [6.07, 6.45) is 0.748. The highest BCUT2D eigenvalue weighted by molar-refractivity contribution is 6.07. The molecular formula is C20H26FN3O4. The first-order valence-corrected chi connectivity index (χ1v) is 9.44. The summed E-state index contributed by atoms with van der Waals surface area (Å²) in [6.45, 7) is 5.15. The van der Waals surface area contributed by atoms with Crippen LogP contribution in [0.1, 0.15) is 37.0 Å². The maximum atomic E-state index is 13.9. The molecule has 1 spiro atoms. The second-order valence-corrected chi connectivity index (χ2v) is 7.82. The molecule has 1 aromatic carbocycles. The number of hydrogen-bond donors (Lipinski definition) is 0. The number of halogens is 1. The Morgan fingerprint density at radius 1 is 1.25 bits per heavy atom. The molecule has 1 aromatic rings. The number of ether oxygens (including phenoxy) is 1. The number of piperidine rings is 1. The van der Waals surface area contributed by atoms with E-state index in [9.17, 15) is 18.8 Å². The number of nitrogens with zero attached hydrogens (tertiary/aromatic N) is 3. The Morgan fingerprint density at radius 2 is 1.89 bits per heavy atom. The van der Waals surface area contributed by atoms with Gasteiger partial charge >= 0.3 is 6.03 Å². The van der Waals surface area contributed by atoms with Gasteiger partial charge in [-0.15, -0.1) is 0 Å². The van der Waals surface area contributed by atoms with E-state index in [1.807, 2.05) is 13.8 Å². The third kappa shape index (κ3) is 3.21. The van der Waals surface area contributed by atoms with Crippen LogP contribution < -0.4 is 4.74 Å². The summed E-state index contributed by atoms with van der Waals surface area (Å²) in [5.41, 5.74) is -0.655. The van der Waals surface area contributed by atoms with Crippen LogP contribution in [0.3, 0.4) is 0 Å². The first-order valence-electron chi connectivity index (χ1n) is 9.44. The average molecular weight is 391 g/mol. The van der Waals surface area contributed by atoms with E-state index >= 15 is 0 Å². The summed E-state index contributed by atoms with van der Waals surface area (Å²) in [4.78, 5) is 42.6. The number of hydrogen-bond acceptors (Lipinski definition) is 4. The second kappa shape index (κ2) is 7.41. The first kappa shape index (κ1) is 20.1. The largest absolute Gasteiger partial charge is 0.494 e. The lowest BCUT2D eigenvalue weighted by Gasteiger charge is -2.42. The Bertz CT molecular complexity index is 803. The van der Waals surface area contributed by atoms with E-state index in [0.29, 0.717) is 32.5 Å². The molecule has 8 heteroatoms. The zero-order valence-corrected chi connectivity index (χ0v) is 16.7. The molecule has 3 rings (SSSR count). The predicted octanol–water partition coefficient (Wildman–Crippen LogP) is 2.36. The summed E-state index contributed by atoms with van der Waals surface area (Å²) in [6, 6.07) is 3.83. The van der Waals surface area contributed by atoms with E-state index in [1.54, 1.807) is 9.80 Å². The average Bonchev–Trinajstić information content (AvgIpc) is 2.84. The summed E-state index contributed by atoms with van der Waals surface area (Å²) < 4.78 is 18.8. The number of amides is 4. The Kier molecular flexibility index (Phi) is 5.32. The van der Waals surface area contributed by atoms with Gasteiger partial charge in [0, 0.05) is 32.2 Å². The van der Waals surface area contributed by atoms with Crippen molar-refractivity contribution in [3.05, 3.63) is 29.6 Å². The fraction of sp³-hybridized carbons (Fsp3) is 0.550. The highest BCUT2D eigenvalue weighted by Crippen LogP contribution is 2.37. The van der Waals surface area contributed by atoms with Crippen LogP contribution in [0.15, 0.2) is 18.2 Å². The molecule has 7 nitrogen and oxygen atoms in total. The number of urea groups is 1. The molecule has 0 radical (unpaired) electrons. The quantitative estimate of drug-likeness (QED) is 0.739. The SMILES string of the molecule is COc1ccc(C(=O)N2CCC3(CC2)C(=O)N(C)C(=O)N3CC(C)C)cc1F. The van der Waals surface area contributed by atoms with Crippen molar-refractivity contribution < 1.29 is 23.5 Å². The molecule has 2 fully saturated rings. The minimum atomic E-state index is -0.891. The minimum Gasteiger partial charge on any atom is -0.494 e. The maximum absolute atomic E-state index is 13.9. The van der Waals surface area contributed by atoms with Crippen LogP contribution in [0, 0.1) is 11.7 Å². The molecular weight excluding hydrogens is 365 g/mol. The Labute approximate surface area is 164 Å². The van der Waals surface area contributed by atoms with E-state index in [1.165, 1.54) is 31.2 Å². The Morgan fingerprint density at radius 3 is 2.43 bits per heavy atom. The van der Waals surface area contributed by atoms with Crippen molar-refractivity contribution in [2.45, 2.75) is 32.2 Å². The number of rotatable bonds is 4. The van der Waals surface area contributed by atoms with E-state index in [2.05, 4.69) is 0 Å². The summed E-state index contributed by atoms with van der Waals surface area (Å²) in [5, 5.41) is 0. The molecule has 0 atom stereocenters. The molecule has 28 heavy (non-hydrogen) atoms. The molecule has 0 saturated carbocycles. The molecule has 0 aromatic heterocycles. The van der Waals surface area contributed by atoms with E-state index < -0.39 is 11.4 Å². The molecule has 0 bridgehead atoms. The highest BCUT2D eigenvalue weighted by atomic mass is 19.1. The van der Waals surface area contributed by atoms with Crippen LogP contribution in [0.5, 0.6) is 5.75 Å². The van der Waals surface area contributed by atoms with Gasteiger partial charge in [0.25, 0.3) is 11.8 Å². The van der Waals surface area contributed by atoms with Crippen molar-refractivity contribution in [3.8, 4) is 5.75 Å². The third-order valence-corrected chi connectivity index (χ3v) is 5.56. The molecule has 0 unspecified atom stereocenters. The van der Waals surface area contributed by atoms with Gasteiger partial charge in [0.2, 0.25) is 0 Å². The smallest absolute Gasteiger partial charge is 0.327 e. The van der Waals surface area contributed by atoms with Crippen molar-refractivity contribution in [1.29, 1.82) is 0 Å². The molecule has 2 heterocycles. The molecule has 0 N–H and O–H groups in total. The second-order valence-electron chi connectivity index (χ2n) is 7.82. The fourth-order valence-corrected chi connectivity index (χ4v) is 4.04. The predicted molar refractivity (Wildman–Crippen MR) is 101 cm³/mol. The molecule has 0 aliphatic carbocycles. The van der Waals surface area contributed by atoms with Gasteiger partial charge in [-0.25, -0.2) is 9.18 Å². The van der Waals surface area contributed by atoms with Crippen LogP contribution in [-0.4, -0.2) is 71.9 Å². The highest BCUT2D eigenvalue weighted by Gasteiger charge is 2.57. The fourth-order valence-electron chi connectivity index (χ4n) is 4.04. The van der Waals surface area contributed by atoms with Crippen molar-refractivity contribution in [1.82, 2.24) is 14.7 Å². The van der Waals surface area contributed by atoms with Crippen molar-refractivity contribution in [2.24, 2.45) is 5.92 Å². The standard InChI is InChI=1S/C20H26FN3O4/c1-13(2)12-24-19(27)22(3)18(26)20(24)7-9-23(10-8-20)17(25)14-5-6-16(28-4)15(21)11-14/h5-6,11,13H,7-10,12H2,1-4H3.